The van der Waals surface area contributed by atoms with Crippen molar-refractivity contribution >= 4 is 17.4 Å². The van der Waals surface area contributed by atoms with Crippen LogP contribution in [-0.4, -0.2) is 15.7 Å². The fourth-order valence-electron chi connectivity index (χ4n) is 1.46. The zero-order valence-corrected chi connectivity index (χ0v) is 10.3. The largest absolute Gasteiger partial charge is 0.377 e. The number of aromatic amines is 1. The maximum absolute atomic E-state index is 4.18. The predicted molar refractivity (Wildman–Crippen MR) is 73.3 cm³/mol. The molecule has 0 radical (unpaired) electrons. The number of benzene rings is 1. The quantitative estimate of drug-likeness (QED) is 0.606. The van der Waals surface area contributed by atoms with E-state index in [1.807, 2.05) is 24.4 Å². The van der Waals surface area contributed by atoms with Crippen molar-refractivity contribution in [3.8, 4) is 0 Å². The lowest BCUT2D eigenvalue weighted by Gasteiger charge is -2.09. The number of H-pyrrole nitrogens is 1. The van der Waals surface area contributed by atoms with Crippen molar-refractivity contribution in [1.29, 1.82) is 0 Å². The fraction of sp³-hybridized carbons (Fsp3) is 0.154. The van der Waals surface area contributed by atoms with E-state index in [9.17, 15) is 0 Å². The van der Waals surface area contributed by atoms with Crippen LogP contribution in [0.1, 0.15) is 5.82 Å². The molecule has 2 N–H and O–H groups in total. The van der Waals surface area contributed by atoms with E-state index >= 15 is 0 Å². The summed E-state index contributed by atoms with van der Waals surface area (Å²) in [4.78, 5) is 8.49. The average Bonchev–Trinajstić information content (AvgIpc) is 2.88. The number of para-hydroxylation sites is 1. The summed E-state index contributed by atoms with van der Waals surface area (Å²) in [6.45, 7) is 4.44. The van der Waals surface area contributed by atoms with Gasteiger partial charge < -0.3 is 10.3 Å². The molecule has 0 fully saturated rings. The average molecular weight is 245 g/mol. The van der Waals surface area contributed by atoms with Crippen LogP contribution in [-0.2, 0) is 6.54 Å². The number of imidazole rings is 1. The second-order valence-electron chi connectivity index (χ2n) is 3.49. The molecular formula is C13H15N3S. The van der Waals surface area contributed by atoms with Gasteiger partial charge in [0.05, 0.1) is 6.54 Å². The van der Waals surface area contributed by atoms with Gasteiger partial charge in [0.2, 0.25) is 0 Å². The molecule has 2 rings (SSSR count). The number of rotatable bonds is 6. The van der Waals surface area contributed by atoms with Crippen LogP contribution < -0.4 is 5.32 Å². The van der Waals surface area contributed by atoms with Gasteiger partial charge in [-0.05, 0) is 12.1 Å². The molecule has 4 heteroatoms. The highest BCUT2D eigenvalue weighted by Gasteiger charge is 2.01. The topological polar surface area (TPSA) is 40.7 Å². The maximum Gasteiger partial charge on any atom is 0.125 e. The number of nitrogens with zero attached hydrogens (tertiary/aromatic N) is 1. The summed E-state index contributed by atoms with van der Waals surface area (Å²) in [5.74, 6) is 1.85. The summed E-state index contributed by atoms with van der Waals surface area (Å²) < 4.78 is 0. The molecule has 0 unspecified atom stereocenters. The molecule has 1 heterocycles. The smallest absolute Gasteiger partial charge is 0.125 e. The minimum atomic E-state index is 0.707. The van der Waals surface area contributed by atoms with Crippen LogP contribution in [0.15, 0.2) is 54.2 Å². The molecule has 0 aliphatic heterocycles. The fourth-order valence-corrected chi connectivity index (χ4v) is 2.23. The van der Waals surface area contributed by atoms with E-state index < -0.39 is 0 Å². The van der Waals surface area contributed by atoms with Crippen LogP contribution in [0.3, 0.4) is 0 Å². The Balaban J connectivity index is 2.01. The third kappa shape index (κ3) is 3.39. The first-order valence-electron chi connectivity index (χ1n) is 5.45. The summed E-state index contributed by atoms with van der Waals surface area (Å²) in [6.07, 6.45) is 5.50. The van der Waals surface area contributed by atoms with Crippen molar-refractivity contribution in [2.24, 2.45) is 0 Å². The highest BCUT2D eigenvalue weighted by molar-refractivity contribution is 7.99. The summed E-state index contributed by atoms with van der Waals surface area (Å²) in [6, 6.07) is 8.26. The van der Waals surface area contributed by atoms with Crippen LogP contribution in [0.5, 0.6) is 0 Å². The zero-order chi connectivity index (χ0) is 11.9. The Morgan fingerprint density at radius 3 is 3.06 bits per heavy atom. The van der Waals surface area contributed by atoms with Crippen molar-refractivity contribution in [3.05, 3.63) is 55.1 Å². The lowest BCUT2D eigenvalue weighted by molar-refractivity contribution is 0.994. The van der Waals surface area contributed by atoms with Gasteiger partial charge in [-0.3, -0.25) is 0 Å². The summed E-state index contributed by atoms with van der Waals surface area (Å²) >= 11 is 1.77. The molecule has 2 aromatic rings. The van der Waals surface area contributed by atoms with Crippen LogP contribution >= 0.6 is 11.8 Å². The van der Waals surface area contributed by atoms with E-state index in [0.717, 1.165) is 17.3 Å². The van der Waals surface area contributed by atoms with E-state index in [-0.39, 0.29) is 0 Å². The molecule has 0 saturated heterocycles. The summed E-state index contributed by atoms with van der Waals surface area (Å²) in [7, 11) is 0. The second-order valence-corrected chi connectivity index (χ2v) is 4.55. The maximum atomic E-state index is 4.18. The van der Waals surface area contributed by atoms with Crippen molar-refractivity contribution in [2.75, 3.05) is 11.1 Å². The molecule has 0 bridgehead atoms. The van der Waals surface area contributed by atoms with Gasteiger partial charge in [0.25, 0.3) is 0 Å². The normalized spacial score (nSPS) is 10.1. The number of anilines is 1. The van der Waals surface area contributed by atoms with Crippen LogP contribution in [0.25, 0.3) is 0 Å². The van der Waals surface area contributed by atoms with Gasteiger partial charge in [-0.1, -0.05) is 18.2 Å². The number of hydrogen-bond acceptors (Lipinski definition) is 3. The summed E-state index contributed by atoms with van der Waals surface area (Å²) in [5, 5.41) is 3.38. The third-order valence-electron chi connectivity index (χ3n) is 2.24. The monoisotopic (exact) mass is 245 g/mol. The molecule has 88 valence electrons. The van der Waals surface area contributed by atoms with Gasteiger partial charge in [0.1, 0.15) is 5.82 Å². The van der Waals surface area contributed by atoms with Crippen molar-refractivity contribution in [1.82, 2.24) is 9.97 Å². The summed E-state index contributed by atoms with van der Waals surface area (Å²) in [5.41, 5.74) is 1.13. The highest BCUT2D eigenvalue weighted by Crippen LogP contribution is 2.27. The highest BCUT2D eigenvalue weighted by atomic mass is 32.2. The SMILES string of the molecule is C=CCSc1ccccc1NCc1ncc[nH]1. The minimum absolute atomic E-state index is 0.707. The molecule has 1 aromatic heterocycles. The number of hydrogen-bond donors (Lipinski definition) is 2. The zero-order valence-electron chi connectivity index (χ0n) is 9.52. The van der Waals surface area contributed by atoms with Gasteiger partial charge in [0.15, 0.2) is 0 Å². The standard InChI is InChI=1S/C13H15N3S/c1-2-9-17-12-6-4-3-5-11(12)16-10-13-14-7-8-15-13/h2-8,16H,1,9-10H2,(H,14,15). The lowest BCUT2D eigenvalue weighted by Crippen LogP contribution is -2.02. The molecule has 3 nitrogen and oxygen atoms in total. The molecule has 0 amide bonds. The lowest BCUT2D eigenvalue weighted by atomic mass is 10.3. The second kappa shape index (κ2) is 6.15. The van der Waals surface area contributed by atoms with Gasteiger partial charge in [0, 0.05) is 28.7 Å². The van der Waals surface area contributed by atoms with E-state index in [2.05, 4.69) is 34.0 Å². The minimum Gasteiger partial charge on any atom is -0.377 e. The van der Waals surface area contributed by atoms with E-state index in [4.69, 9.17) is 0 Å². The Bertz CT molecular complexity index is 465. The Hall–Kier alpha value is -1.68. The van der Waals surface area contributed by atoms with Gasteiger partial charge in [-0.15, -0.1) is 18.3 Å². The number of nitrogens with one attached hydrogen (secondary N) is 2. The molecule has 1 aromatic carbocycles. The van der Waals surface area contributed by atoms with Gasteiger partial charge >= 0.3 is 0 Å². The Labute approximate surface area is 105 Å². The van der Waals surface area contributed by atoms with Crippen LogP contribution in [0, 0.1) is 0 Å². The van der Waals surface area contributed by atoms with E-state index in [0.29, 0.717) is 6.54 Å². The van der Waals surface area contributed by atoms with Crippen LogP contribution in [0.2, 0.25) is 0 Å². The Morgan fingerprint density at radius 2 is 2.29 bits per heavy atom. The van der Waals surface area contributed by atoms with Gasteiger partial charge in [-0.25, -0.2) is 4.98 Å². The predicted octanol–water partition coefficient (Wildman–Crippen LogP) is 3.30. The first-order chi connectivity index (χ1) is 8.40. The van der Waals surface area contributed by atoms with Crippen molar-refractivity contribution in [3.63, 3.8) is 0 Å². The molecule has 0 aliphatic rings. The molecule has 0 atom stereocenters. The first-order valence-corrected chi connectivity index (χ1v) is 6.43. The van der Waals surface area contributed by atoms with Crippen molar-refractivity contribution in [2.45, 2.75) is 11.4 Å². The number of thioether (sulfide) groups is 1. The molecule has 0 aliphatic carbocycles. The molecule has 0 saturated carbocycles. The van der Waals surface area contributed by atoms with E-state index in [1.165, 1.54) is 4.90 Å². The molecule has 0 spiro atoms. The van der Waals surface area contributed by atoms with E-state index in [1.54, 1.807) is 18.0 Å². The molecule has 17 heavy (non-hydrogen) atoms. The number of aromatic nitrogens is 2. The van der Waals surface area contributed by atoms with Crippen molar-refractivity contribution < 1.29 is 0 Å². The molecular weight excluding hydrogens is 230 g/mol. The van der Waals surface area contributed by atoms with Gasteiger partial charge in [-0.2, -0.15) is 0 Å². The Kier molecular flexibility index (Phi) is 4.27. The first kappa shape index (κ1) is 11.8. The van der Waals surface area contributed by atoms with Crippen LogP contribution in [0.4, 0.5) is 5.69 Å². The Morgan fingerprint density at radius 1 is 1.41 bits per heavy atom. The third-order valence-corrected chi connectivity index (χ3v) is 3.31.